The lowest BCUT2D eigenvalue weighted by atomic mass is 9.97. The van der Waals surface area contributed by atoms with Gasteiger partial charge in [-0.3, -0.25) is 14.4 Å². The van der Waals surface area contributed by atoms with Gasteiger partial charge in [-0.05, 0) is 6.42 Å². The number of hydrogen-bond donors (Lipinski definition) is 1. The summed E-state index contributed by atoms with van der Waals surface area (Å²) in [5.41, 5.74) is 0. The van der Waals surface area contributed by atoms with Gasteiger partial charge in [-0.2, -0.15) is 0 Å². The van der Waals surface area contributed by atoms with Crippen LogP contribution in [-0.4, -0.2) is 60.7 Å². The molecule has 2 aliphatic heterocycles. The summed E-state index contributed by atoms with van der Waals surface area (Å²) < 4.78 is 0. The van der Waals surface area contributed by atoms with E-state index in [2.05, 4.69) is 5.32 Å². The fourth-order valence-electron chi connectivity index (χ4n) is 2.15. The first-order valence-corrected chi connectivity index (χ1v) is 5.87. The van der Waals surface area contributed by atoms with Crippen molar-refractivity contribution in [3.05, 3.63) is 0 Å². The highest BCUT2D eigenvalue weighted by atomic mass is 16.2. The van der Waals surface area contributed by atoms with Gasteiger partial charge in [0.1, 0.15) is 0 Å². The average molecular weight is 239 g/mol. The second-order valence-corrected chi connectivity index (χ2v) is 4.61. The van der Waals surface area contributed by atoms with Crippen LogP contribution in [0.25, 0.3) is 0 Å². The molecule has 6 heteroatoms. The Morgan fingerprint density at radius 1 is 1.35 bits per heavy atom. The van der Waals surface area contributed by atoms with Crippen LogP contribution in [0.1, 0.15) is 12.8 Å². The van der Waals surface area contributed by atoms with Crippen LogP contribution < -0.4 is 5.32 Å². The quantitative estimate of drug-likeness (QED) is 0.626. The largest absolute Gasteiger partial charge is 0.355 e. The lowest BCUT2D eigenvalue weighted by molar-refractivity contribution is -0.147. The molecule has 94 valence electrons. The van der Waals surface area contributed by atoms with Crippen LogP contribution in [0.3, 0.4) is 0 Å². The van der Waals surface area contributed by atoms with Gasteiger partial charge < -0.3 is 15.1 Å². The Morgan fingerprint density at radius 2 is 2.12 bits per heavy atom. The Hall–Kier alpha value is -1.59. The van der Waals surface area contributed by atoms with Crippen molar-refractivity contribution in [3.8, 4) is 0 Å². The molecule has 1 unspecified atom stereocenters. The summed E-state index contributed by atoms with van der Waals surface area (Å²) >= 11 is 0. The highest BCUT2D eigenvalue weighted by Gasteiger charge is 2.31. The van der Waals surface area contributed by atoms with E-state index in [4.69, 9.17) is 0 Å². The number of nitrogens with zero attached hydrogens (tertiary/aromatic N) is 2. The molecule has 2 saturated heterocycles. The normalized spacial score (nSPS) is 25.8. The van der Waals surface area contributed by atoms with Gasteiger partial charge in [-0.1, -0.05) is 0 Å². The number of nitrogens with one attached hydrogen (secondary N) is 1. The molecule has 2 rings (SSSR count). The average Bonchev–Trinajstić information content (AvgIpc) is 2.33. The molecular weight excluding hydrogens is 222 g/mol. The lowest BCUT2D eigenvalue weighted by Crippen LogP contribution is -2.54. The van der Waals surface area contributed by atoms with E-state index in [1.54, 1.807) is 16.8 Å². The third-order valence-corrected chi connectivity index (χ3v) is 3.38. The maximum absolute atomic E-state index is 12.1. The molecule has 0 aromatic rings. The zero-order chi connectivity index (χ0) is 12.4. The van der Waals surface area contributed by atoms with Crippen molar-refractivity contribution < 1.29 is 14.4 Å². The predicted octanol–water partition coefficient (Wildman–Crippen LogP) is -1.19. The van der Waals surface area contributed by atoms with Crippen molar-refractivity contribution in [1.82, 2.24) is 15.1 Å². The molecule has 17 heavy (non-hydrogen) atoms. The Bertz CT molecular complexity index is 346. The van der Waals surface area contributed by atoms with E-state index >= 15 is 0 Å². The molecular formula is C11H17N3O3. The SMILES string of the molecule is CN1CCN(C(=O)C2CCC(=O)NC2)CC1=O. The Labute approximate surface area is 99.9 Å². The fourth-order valence-corrected chi connectivity index (χ4v) is 2.15. The number of piperidine rings is 1. The van der Waals surface area contributed by atoms with Gasteiger partial charge in [0.25, 0.3) is 0 Å². The number of carbonyl (C=O) groups is 3. The Kier molecular flexibility index (Phi) is 3.31. The Morgan fingerprint density at radius 3 is 2.71 bits per heavy atom. The second-order valence-electron chi connectivity index (χ2n) is 4.61. The number of likely N-dealkylation sites (N-methyl/N-ethyl adjacent to an activating group) is 1. The molecule has 0 bridgehead atoms. The van der Waals surface area contributed by atoms with Crippen LogP contribution in [0.2, 0.25) is 0 Å². The molecule has 0 aromatic heterocycles. The van der Waals surface area contributed by atoms with Crippen molar-refractivity contribution in [2.45, 2.75) is 12.8 Å². The highest BCUT2D eigenvalue weighted by Crippen LogP contribution is 2.15. The summed E-state index contributed by atoms with van der Waals surface area (Å²) in [5.74, 6) is -0.191. The predicted molar refractivity (Wildman–Crippen MR) is 60.0 cm³/mol. The van der Waals surface area contributed by atoms with Gasteiger partial charge in [0.2, 0.25) is 17.7 Å². The molecule has 0 spiro atoms. The molecule has 2 fully saturated rings. The lowest BCUT2D eigenvalue weighted by Gasteiger charge is -2.35. The van der Waals surface area contributed by atoms with E-state index in [0.29, 0.717) is 32.5 Å². The fraction of sp³-hybridized carbons (Fsp3) is 0.727. The van der Waals surface area contributed by atoms with Crippen molar-refractivity contribution in [1.29, 1.82) is 0 Å². The van der Waals surface area contributed by atoms with Gasteiger partial charge >= 0.3 is 0 Å². The first-order valence-electron chi connectivity index (χ1n) is 5.87. The van der Waals surface area contributed by atoms with Gasteiger partial charge in [0.15, 0.2) is 0 Å². The van der Waals surface area contributed by atoms with E-state index in [-0.39, 0.29) is 30.2 Å². The molecule has 6 nitrogen and oxygen atoms in total. The zero-order valence-corrected chi connectivity index (χ0v) is 9.94. The van der Waals surface area contributed by atoms with Crippen LogP contribution >= 0.6 is 0 Å². The summed E-state index contributed by atoms with van der Waals surface area (Å²) in [6.07, 6.45) is 0.989. The number of carbonyl (C=O) groups excluding carboxylic acids is 3. The summed E-state index contributed by atoms with van der Waals surface area (Å²) in [7, 11) is 1.74. The molecule has 1 atom stereocenters. The van der Waals surface area contributed by atoms with Crippen LogP contribution in [-0.2, 0) is 14.4 Å². The second kappa shape index (κ2) is 4.73. The van der Waals surface area contributed by atoms with E-state index in [1.807, 2.05) is 0 Å². The monoisotopic (exact) mass is 239 g/mol. The summed E-state index contributed by atoms with van der Waals surface area (Å²) in [6.45, 7) is 1.74. The third kappa shape index (κ3) is 2.57. The summed E-state index contributed by atoms with van der Waals surface area (Å²) in [4.78, 5) is 37.9. The molecule has 2 aliphatic rings. The van der Waals surface area contributed by atoms with Crippen molar-refractivity contribution in [2.75, 3.05) is 33.2 Å². The highest BCUT2D eigenvalue weighted by molar-refractivity contribution is 5.88. The summed E-state index contributed by atoms with van der Waals surface area (Å²) in [6, 6.07) is 0. The van der Waals surface area contributed by atoms with Crippen molar-refractivity contribution in [3.63, 3.8) is 0 Å². The maximum atomic E-state index is 12.1. The molecule has 0 aliphatic carbocycles. The van der Waals surface area contributed by atoms with Gasteiger partial charge in [-0.15, -0.1) is 0 Å². The molecule has 2 heterocycles. The molecule has 0 radical (unpaired) electrons. The van der Waals surface area contributed by atoms with Gasteiger partial charge in [0, 0.05) is 33.1 Å². The third-order valence-electron chi connectivity index (χ3n) is 3.38. The van der Waals surface area contributed by atoms with Crippen molar-refractivity contribution in [2.24, 2.45) is 5.92 Å². The van der Waals surface area contributed by atoms with Crippen molar-refractivity contribution >= 4 is 17.7 Å². The smallest absolute Gasteiger partial charge is 0.241 e. The topological polar surface area (TPSA) is 69.7 Å². The molecule has 3 amide bonds. The van der Waals surface area contributed by atoms with Crippen LogP contribution in [0.5, 0.6) is 0 Å². The van der Waals surface area contributed by atoms with E-state index in [1.165, 1.54) is 0 Å². The number of hydrogen-bond acceptors (Lipinski definition) is 3. The van der Waals surface area contributed by atoms with Gasteiger partial charge in [0.05, 0.1) is 12.5 Å². The number of piperazine rings is 1. The van der Waals surface area contributed by atoms with Gasteiger partial charge in [-0.25, -0.2) is 0 Å². The molecule has 0 saturated carbocycles. The van der Waals surface area contributed by atoms with Crippen LogP contribution in [0, 0.1) is 5.92 Å². The van der Waals surface area contributed by atoms with Crippen LogP contribution in [0.15, 0.2) is 0 Å². The zero-order valence-electron chi connectivity index (χ0n) is 9.94. The maximum Gasteiger partial charge on any atom is 0.241 e. The summed E-state index contributed by atoms with van der Waals surface area (Å²) in [5, 5.41) is 2.69. The first-order chi connectivity index (χ1) is 8.08. The van der Waals surface area contributed by atoms with E-state index in [0.717, 1.165) is 0 Å². The first kappa shape index (κ1) is 11.9. The standard InChI is InChI=1S/C11H17N3O3/c1-13-4-5-14(7-10(13)16)11(17)8-2-3-9(15)12-6-8/h8H,2-7H2,1H3,(H,12,15). The minimum atomic E-state index is -0.163. The number of rotatable bonds is 1. The minimum absolute atomic E-state index is 0.00324. The Balaban J connectivity index is 1.92. The molecule has 0 aromatic carbocycles. The molecule has 1 N–H and O–H groups in total. The minimum Gasteiger partial charge on any atom is -0.355 e. The van der Waals surface area contributed by atoms with E-state index < -0.39 is 0 Å². The van der Waals surface area contributed by atoms with E-state index in [9.17, 15) is 14.4 Å². The number of amides is 3. The van der Waals surface area contributed by atoms with Crippen LogP contribution in [0.4, 0.5) is 0 Å².